The Morgan fingerprint density at radius 3 is 2.78 bits per heavy atom. The van der Waals surface area contributed by atoms with Crippen molar-refractivity contribution in [2.45, 2.75) is 6.42 Å². The summed E-state index contributed by atoms with van der Waals surface area (Å²) >= 11 is 1.34. The Hall–Kier alpha value is -1.69. The Balaban J connectivity index is 2.37. The highest BCUT2D eigenvalue weighted by Gasteiger charge is 2.06. The van der Waals surface area contributed by atoms with Crippen molar-refractivity contribution in [3.05, 3.63) is 24.3 Å². The van der Waals surface area contributed by atoms with Crippen LogP contribution in [0.15, 0.2) is 24.3 Å². The number of amides is 2. The van der Waals surface area contributed by atoms with E-state index in [0.717, 1.165) is 0 Å². The number of primary amides is 1. The van der Waals surface area contributed by atoms with Crippen LogP contribution in [0.5, 0.6) is 5.75 Å². The normalized spacial score (nSPS) is 9.83. The lowest BCUT2D eigenvalue weighted by atomic mass is 10.3. The van der Waals surface area contributed by atoms with Crippen molar-refractivity contribution in [1.29, 1.82) is 0 Å². The first kappa shape index (κ1) is 14.4. The molecule has 0 saturated heterocycles. The third-order valence-electron chi connectivity index (χ3n) is 2.10. The predicted octanol–water partition coefficient (Wildman–Crippen LogP) is 1.24. The van der Waals surface area contributed by atoms with Gasteiger partial charge in [0.25, 0.3) is 0 Å². The number of anilines is 1. The molecular formula is C12H16N2O3S. The van der Waals surface area contributed by atoms with Gasteiger partial charge in [0.15, 0.2) is 0 Å². The number of hydrogen-bond acceptors (Lipinski definition) is 4. The molecule has 98 valence electrons. The first-order chi connectivity index (χ1) is 8.63. The van der Waals surface area contributed by atoms with Crippen molar-refractivity contribution in [3.8, 4) is 5.75 Å². The van der Waals surface area contributed by atoms with Gasteiger partial charge in [0.1, 0.15) is 5.75 Å². The van der Waals surface area contributed by atoms with Crippen LogP contribution < -0.4 is 15.8 Å². The summed E-state index contributed by atoms with van der Waals surface area (Å²) in [6.45, 7) is 0. The lowest BCUT2D eigenvalue weighted by Gasteiger charge is -2.09. The number of benzene rings is 1. The van der Waals surface area contributed by atoms with E-state index in [1.807, 2.05) is 12.1 Å². The smallest absolute Gasteiger partial charge is 0.227 e. The fourth-order valence-corrected chi connectivity index (χ4v) is 1.97. The summed E-state index contributed by atoms with van der Waals surface area (Å²) in [5.41, 5.74) is 5.64. The van der Waals surface area contributed by atoms with Crippen LogP contribution in [0.3, 0.4) is 0 Å². The molecule has 0 aromatic heterocycles. The number of methoxy groups -OCH3 is 1. The Morgan fingerprint density at radius 1 is 1.39 bits per heavy atom. The van der Waals surface area contributed by atoms with Gasteiger partial charge < -0.3 is 15.8 Å². The first-order valence-electron chi connectivity index (χ1n) is 5.42. The Bertz CT molecular complexity index is 424. The van der Waals surface area contributed by atoms with E-state index in [2.05, 4.69) is 5.32 Å². The summed E-state index contributed by atoms with van der Waals surface area (Å²) < 4.78 is 5.12. The van der Waals surface area contributed by atoms with E-state index >= 15 is 0 Å². The van der Waals surface area contributed by atoms with Gasteiger partial charge in [-0.05, 0) is 12.1 Å². The molecule has 0 aliphatic rings. The topological polar surface area (TPSA) is 81.4 Å². The lowest BCUT2D eigenvalue weighted by Crippen LogP contribution is -2.16. The maximum Gasteiger partial charge on any atom is 0.227 e. The van der Waals surface area contributed by atoms with E-state index < -0.39 is 0 Å². The third-order valence-corrected chi connectivity index (χ3v) is 3.08. The maximum atomic E-state index is 11.6. The number of carbonyl (C=O) groups is 2. The summed E-state index contributed by atoms with van der Waals surface area (Å²) in [6, 6.07) is 7.20. The second-order valence-corrected chi connectivity index (χ2v) is 4.62. The van der Waals surface area contributed by atoms with Crippen molar-refractivity contribution < 1.29 is 14.3 Å². The zero-order chi connectivity index (χ0) is 13.4. The van der Waals surface area contributed by atoms with Gasteiger partial charge in [-0.25, -0.2) is 0 Å². The summed E-state index contributed by atoms with van der Waals surface area (Å²) in [5.74, 6) is 0.934. The molecular weight excluding hydrogens is 252 g/mol. The van der Waals surface area contributed by atoms with E-state index in [1.165, 1.54) is 11.8 Å². The molecule has 0 aliphatic carbocycles. The molecule has 0 saturated carbocycles. The number of hydrogen-bond donors (Lipinski definition) is 2. The average Bonchev–Trinajstić information content (AvgIpc) is 2.35. The highest BCUT2D eigenvalue weighted by molar-refractivity contribution is 7.99. The standard InChI is InChI=1S/C12H16N2O3S/c1-17-10-5-3-2-4-9(10)14-12(16)6-7-18-8-11(13)15/h2-5H,6-8H2,1H3,(H2,13,15)(H,14,16). The minimum Gasteiger partial charge on any atom is -0.495 e. The molecule has 1 rings (SSSR count). The van der Waals surface area contributed by atoms with Crippen molar-refractivity contribution in [3.63, 3.8) is 0 Å². The molecule has 0 atom stereocenters. The Morgan fingerprint density at radius 2 is 2.11 bits per heavy atom. The van der Waals surface area contributed by atoms with Gasteiger partial charge in [-0.15, -0.1) is 0 Å². The Kier molecular flexibility index (Phi) is 6.07. The number of ether oxygens (including phenoxy) is 1. The molecule has 18 heavy (non-hydrogen) atoms. The van der Waals surface area contributed by atoms with E-state index in [-0.39, 0.29) is 17.6 Å². The van der Waals surface area contributed by atoms with E-state index in [4.69, 9.17) is 10.5 Å². The molecule has 2 amide bonds. The van der Waals surface area contributed by atoms with Crippen molar-refractivity contribution >= 4 is 29.3 Å². The minimum absolute atomic E-state index is 0.114. The predicted molar refractivity (Wildman–Crippen MR) is 72.8 cm³/mol. The zero-order valence-corrected chi connectivity index (χ0v) is 11.0. The molecule has 0 unspecified atom stereocenters. The Labute approximate surface area is 110 Å². The molecule has 3 N–H and O–H groups in total. The largest absolute Gasteiger partial charge is 0.495 e. The zero-order valence-electron chi connectivity index (χ0n) is 10.1. The van der Waals surface area contributed by atoms with Crippen LogP contribution in [-0.2, 0) is 9.59 Å². The molecule has 0 spiro atoms. The molecule has 1 aromatic rings. The summed E-state index contributed by atoms with van der Waals surface area (Å²) in [4.78, 5) is 22.1. The van der Waals surface area contributed by atoms with Gasteiger partial charge in [-0.1, -0.05) is 12.1 Å². The van der Waals surface area contributed by atoms with Gasteiger partial charge in [0, 0.05) is 12.2 Å². The first-order valence-corrected chi connectivity index (χ1v) is 6.58. The van der Waals surface area contributed by atoms with Crippen LogP contribution in [0.2, 0.25) is 0 Å². The van der Waals surface area contributed by atoms with Crippen molar-refractivity contribution in [2.75, 3.05) is 23.9 Å². The van der Waals surface area contributed by atoms with E-state index in [0.29, 0.717) is 23.6 Å². The van der Waals surface area contributed by atoms with Crippen LogP contribution in [0.25, 0.3) is 0 Å². The number of thioether (sulfide) groups is 1. The number of para-hydroxylation sites is 2. The lowest BCUT2D eigenvalue weighted by molar-refractivity contribution is -0.116. The monoisotopic (exact) mass is 268 g/mol. The van der Waals surface area contributed by atoms with Gasteiger partial charge in [0.05, 0.1) is 18.6 Å². The minimum atomic E-state index is -0.370. The highest BCUT2D eigenvalue weighted by atomic mass is 32.2. The molecule has 0 aliphatic heterocycles. The maximum absolute atomic E-state index is 11.6. The molecule has 0 bridgehead atoms. The summed E-state index contributed by atoms with van der Waals surface area (Å²) in [5, 5.41) is 2.76. The molecule has 0 heterocycles. The number of rotatable bonds is 7. The van der Waals surface area contributed by atoms with Crippen LogP contribution in [0.4, 0.5) is 5.69 Å². The van der Waals surface area contributed by atoms with Crippen LogP contribution in [-0.4, -0.2) is 30.4 Å². The SMILES string of the molecule is COc1ccccc1NC(=O)CCSCC(N)=O. The van der Waals surface area contributed by atoms with Gasteiger partial charge in [-0.3, -0.25) is 9.59 Å². The molecule has 5 nitrogen and oxygen atoms in total. The quantitative estimate of drug-likeness (QED) is 0.729. The number of carbonyl (C=O) groups excluding carboxylic acids is 2. The molecule has 1 aromatic carbocycles. The van der Waals surface area contributed by atoms with Crippen LogP contribution in [0, 0.1) is 0 Å². The van der Waals surface area contributed by atoms with Gasteiger partial charge in [-0.2, -0.15) is 11.8 Å². The van der Waals surface area contributed by atoms with Crippen molar-refractivity contribution in [1.82, 2.24) is 0 Å². The van der Waals surface area contributed by atoms with Crippen LogP contribution in [0.1, 0.15) is 6.42 Å². The fraction of sp³-hybridized carbons (Fsp3) is 0.333. The molecule has 6 heteroatoms. The summed E-state index contributed by atoms with van der Waals surface area (Å²) in [6.07, 6.45) is 0.329. The molecule has 0 fully saturated rings. The summed E-state index contributed by atoms with van der Waals surface area (Å²) in [7, 11) is 1.55. The third kappa shape index (κ3) is 5.09. The van der Waals surface area contributed by atoms with Gasteiger partial charge in [0.2, 0.25) is 11.8 Å². The number of nitrogens with one attached hydrogen (secondary N) is 1. The fourth-order valence-electron chi connectivity index (χ4n) is 1.30. The van der Waals surface area contributed by atoms with E-state index in [9.17, 15) is 9.59 Å². The number of nitrogens with two attached hydrogens (primary N) is 1. The van der Waals surface area contributed by atoms with Gasteiger partial charge >= 0.3 is 0 Å². The highest BCUT2D eigenvalue weighted by Crippen LogP contribution is 2.23. The van der Waals surface area contributed by atoms with E-state index in [1.54, 1.807) is 19.2 Å². The van der Waals surface area contributed by atoms with Crippen LogP contribution >= 0.6 is 11.8 Å². The average molecular weight is 268 g/mol. The van der Waals surface area contributed by atoms with Crippen molar-refractivity contribution in [2.24, 2.45) is 5.73 Å². The second-order valence-electron chi connectivity index (χ2n) is 3.52. The molecule has 0 radical (unpaired) electrons. The second kappa shape index (κ2) is 7.60.